The lowest BCUT2D eigenvalue weighted by molar-refractivity contribution is -0.179. The predicted octanol–water partition coefficient (Wildman–Crippen LogP) is 3.93. The van der Waals surface area contributed by atoms with Gasteiger partial charge in [0.25, 0.3) is 5.91 Å². The Bertz CT molecular complexity index is 862. The fourth-order valence-electron chi connectivity index (χ4n) is 3.42. The van der Waals surface area contributed by atoms with E-state index >= 15 is 0 Å². The van der Waals surface area contributed by atoms with Crippen molar-refractivity contribution in [2.24, 2.45) is 5.92 Å². The Hall–Kier alpha value is -2.97. The average molecular weight is 392 g/mol. The number of nitrogens with zero attached hydrogens (tertiary/aromatic N) is 2. The van der Waals surface area contributed by atoms with Gasteiger partial charge in [-0.05, 0) is 37.1 Å². The lowest BCUT2D eigenvalue weighted by Gasteiger charge is -2.34. The molecule has 9 heteroatoms. The van der Waals surface area contributed by atoms with Gasteiger partial charge in [0.2, 0.25) is 0 Å². The number of piperidine rings is 1. The quantitative estimate of drug-likeness (QED) is 0.829. The highest BCUT2D eigenvalue weighted by molar-refractivity contribution is 5.94. The third-order valence-corrected chi connectivity index (χ3v) is 4.95. The molecule has 3 heterocycles. The van der Waals surface area contributed by atoms with Crippen LogP contribution < -0.4 is 20.3 Å². The van der Waals surface area contributed by atoms with Gasteiger partial charge in [-0.25, -0.2) is 4.98 Å². The van der Waals surface area contributed by atoms with Gasteiger partial charge in [-0.15, -0.1) is 0 Å². The van der Waals surface area contributed by atoms with Crippen molar-refractivity contribution in [2.45, 2.75) is 19.0 Å². The highest BCUT2D eigenvalue weighted by atomic mass is 19.4. The first kappa shape index (κ1) is 18.4. The summed E-state index contributed by atoms with van der Waals surface area (Å²) in [7, 11) is 0. The first-order valence-electron chi connectivity index (χ1n) is 9.00. The molecule has 0 unspecified atom stereocenters. The van der Waals surface area contributed by atoms with Crippen LogP contribution in [0.3, 0.4) is 0 Å². The van der Waals surface area contributed by atoms with Crippen LogP contribution in [0.5, 0.6) is 5.75 Å². The Morgan fingerprint density at radius 1 is 1.14 bits per heavy atom. The number of amides is 1. The van der Waals surface area contributed by atoms with Gasteiger partial charge in [0, 0.05) is 30.5 Å². The van der Waals surface area contributed by atoms with E-state index in [0.717, 1.165) is 11.4 Å². The third kappa shape index (κ3) is 3.97. The van der Waals surface area contributed by atoms with E-state index in [1.165, 1.54) is 0 Å². The summed E-state index contributed by atoms with van der Waals surface area (Å²) in [5.74, 6) is -0.558. The first-order chi connectivity index (χ1) is 13.4. The maximum Gasteiger partial charge on any atom is 0.391 e. The number of ether oxygens (including phenoxy) is 1. The Labute approximate surface area is 159 Å². The fraction of sp³-hybridized carbons (Fsp3) is 0.368. The van der Waals surface area contributed by atoms with Gasteiger partial charge < -0.3 is 20.3 Å². The number of hydrogen-bond donors (Lipinski definition) is 2. The van der Waals surface area contributed by atoms with Crippen molar-refractivity contribution in [1.82, 2.24) is 4.98 Å². The summed E-state index contributed by atoms with van der Waals surface area (Å²) >= 11 is 0. The van der Waals surface area contributed by atoms with E-state index in [9.17, 15) is 18.0 Å². The SMILES string of the molecule is O=C1COc2cc(Nc3ccc(N4CCC(C(F)(F)F)CC4)cc3)cnc2N1. The van der Waals surface area contributed by atoms with E-state index in [1.54, 1.807) is 12.3 Å². The molecule has 1 aromatic carbocycles. The molecule has 28 heavy (non-hydrogen) atoms. The molecular weight excluding hydrogens is 373 g/mol. The van der Waals surface area contributed by atoms with Crippen LogP contribution in [-0.2, 0) is 4.79 Å². The van der Waals surface area contributed by atoms with Crippen molar-refractivity contribution >= 4 is 28.8 Å². The van der Waals surface area contributed by atoms with Crippen LogP contribution in [0.15, 0.2) is 36.5 Å². The standard InChI is InChI=1S/C19H19F3N4O2/c20-19(21,22)12-5-7-26(8-6-12)15-3-1-13(2-4-15)24-14-9-16-18(23-10-14)25-17(27)11-28-16/h1-4,9-10,12,24H,5-8,11H2,(H,23,25,27). The second kappa shape index (κ2) is 7.21. The smallest absolute Gasteiger partial charge is 0.391 e. The van der Waals surface area contributed by atoms with Crippen molar-refractivity contribution in [3.63, 3.8) is 0 Å². The van der Waals surface area contributed by atoms with Crippen molar-refractivity contribution in [1.29, 1.82) is 0 Å². The summed E-state index contributed by atoms with van der Waals surface area (Å²) in [6.07, 6.45) is -2.26. The van der Waals surface area contributed by atoms with Crippen molar-refractivity contribution in [2.75, 3.05) is 35.2 Å². The van der Waals surface area contributed by atoms with Gasteiger partial charge in [-0.2, -0.15) is 13.2 Å². The number of benzene rings is 1. The molecule has 0 aliphatic carbocycles. The van der Waals surface area contributed by atoms with Gasteiger partial charge in [0.05, 0.1) is 17.8 Å². The average Bonchev–Trinajstić information content (AvgIpc) is 2.68. The monoisotopic (exact) mass is 392 g/mol. The predicted molar refractivity (Wildman–Crippen MR) is 99.1 cm³/mol. The molecule has 0 bridgehead atoms. The minimum Gasteiger partial charge on any atom is -0.480 e. The second-order valence-electron chi connectivity index (χ2n) is 6.88. The van der Waals surface area contributed by atoms with Crippen LogP contribution in [0, 0.1) is 5.92 Å². The molecule has 0 atom stereocenters. The summed E-state index contributed by atoms with van der Waals surface area (Å²) in [6, 6.07) is 9.26. The largest absolute Gasteiger partial charge is 0.480 e. The summed E-state index contributed by atoms with van der Waals surface area (Å²) in [6.45, 7) is 0.751. The van der Waals surface area contributed by atoms with E-state index in [0.29, 0.717) is 30.3 Å². The molecule has 2 aromatic rings. The van der Waals surface area contributed by atoms with Crippen LogP contribution in [0.2, 0.25) is 0 Å². The summed E-state index contributed by atoms with van der Waals surface area (Å²) in [5.41, 5.74) is 2.42. The van der Waals surface area contributed by atoms with Gasteiger partial charge in [-0.3, -0.25) is 4.79 Å². The maximum absolute atomic E-state index is 12.8. The summed E-state index contributed by atoms with van der Waals surface area (Å²) in [5, 5.41) is 5.83. The van der Waals surface area contributed by atoms with Crippen LogP contribution >= 0.6 is 0 Å². The minimum atomic E-state index is -4.10. The Morgan fingerprint density at radius 2 is 1.86 bits per heavy atom. The fourth-order valence-corrected chi connectivity index (χ4v) is 3.42. The molecule has 2 N–H and O–H groups in total. The number of anilines is 4. The zero-order valence-electron chi connectivity index (χ0n) is 14.9. The lowest BCUT2D eigenvalue weighted by atomic mass is 9.96. The molecule has 0 radical (unpaired) electrons. The van der Waals surface area contributed by atoms with Crippen LogP contribution in [-0.4, -0.2) is 36.8 Å². The van der Waals surface area contributed by atoms with E-state index < -0.39 is 12.1 Å². The lowest BCUT2D eigenvalue weighted by Crippen LogP contribution is -2.38. The highest BCUT2D eigenvalue weighted by Gasteiger charge is 2.41. The second-order valence-corrected chi connectivity index (χ2v) is 6.88. The summed E-state index contributed by atoms with van der Waals surface area (Å²) in [4.78, 5) is 17.4. The van der Waals surface area contributed by atoms with Crippen molar-refractivity contribution < 1.29 is 22.7 Å². The molecule has 1 fully saturated rings. The van der Waals surface area contributed by atoms with Gasteiger partial charge in [0.15, 0.2) is 18.2 Å². The zero-order valence-corrected chi connectivity index (χ0v) is 14.9. The Balaban J connectivity index is 1.38. The first-order valence-corrected chi connectivity index (χ1v) is 9.00. The molecule has 4 rings (SSSR count). The normalized spacial score (nSPS) is 17.5. The molecule has 1 saturated heterocycles. The topological polar surface area (TPSA) is 66.5 Å². The van der Waals surface area contributed by atoms with Crippen LogP contribution in [0.25, 0.3) is 0 Å². The number of hydrogen-bond acceptors (Lipinski definition) is 5. The number of aromatic nitrogens is 1. The number of rotatable bonds is 3. The number of fused-ring (bicyclic) bond motifs is 1. The van der Waals surface area contributed by atoms with Gasteiger partial charge in [0.1, 0.15) is 0 Å². The van der Waals surface area contributed by atoms with Gasteiger partial charge >= 0.3 is 6.18 Å². The van der Waals surface area contributed by atoms with E-state index in [2.05, 4.69) is 15.6 Å². The number of alkyl halides is 3. The highest BCUT2D eigenvalue weighted by Crippen LogP contribution is 2.36. The van der Waals surface area contributed by atoms with Gasteiger partial charge in [-0.1, -0.05) is 0 Å². The number of halogens is 3. The Kier molecular flexibility index (Phi) is 4.74. The zero-order chi connectivity index (χ0) is 19.7. The van der Waals surface area contributed by atoms with E-state index in [-0.39, 0.29) is 25.4 Å². The number of pyridine rings is 1. The molecular formula is C19H19F3N4O2. The molecule has 0 saturated carbocycles. The number of carbonyl (C=O) groups is 1. The Morgan fingerprint density at radius 3 is 2.54 bits per heavy atom. The molecule has 148 valence electrons. The van der Waals surface area contributed by atoms with Crippen molar-refractivity contribution in [3.05, 3.63) is 36.5 Å². The molecule has 0 spiro atoms. The number of carbonyl (C=O) groups excluding carboxylic acids is 1. The maximum atomic E-state index is 12.8. The molecule has 2 aliphatic heterocycles. The van der Waals surface area contributed by atoms with E-state index in [1.807, 2.05) is 29.2 Å². The number of nitrogens with one attached hydrogen (secondary N) is 2. The molecule has 6 nitrogen and oxygen atoms in total. The molecule has 1 aromatic heterocycles. The minimum absolute atomic E-state index is 0.0438. The molecule has 2 aliphatic rings. The van der Waals surface area contributed by atoms with Crippen LogP contribution in [0.1, 0.15) is 12.8 Å². The third-order valence-electron chi connectivity index (χ3n) is 4.95. The van der Waals surface area contributed by atoms with Crippen LogP contribution in [0.4, 0.5) is 36.1 Å². The molecule has 1 amide bonds. The van der Waals surface area contributed by atoms with E-state index in [4.69, 9.17) is 4.74 Å². The summed E-state index contributed by atoms with van der Waals surface area (Å²) < 4.78 is 43.7. The van der Waals surface area contributed by atoms with Crippen molar-refractivity contribution in [3.8, 4) is 5.75 Å².